The van der Waals surface area contributed by atoms with Gasteiger partial charge in [0.15, 0.2) is 0 Å². The summed E-state index contributed by atoms with van der Waals surface area (Å²) < 4.78 is 2.21. The van der Waals surface area contributed by atoms with Gasteiger partial charge in [-0.2, -0.15) is 0 Å². The van der Waals surface area contributed by atoms with Gasteiger partial charge in [0.2, 0.25) is 5.95 Å². The second-order valence-corrected chi connectivity index (χ2v) is 7.35. The summed E-state index contributed by atoms with van der Waals surface area (Å²) in [6.45, 7) is 5.17. The van der Waals surface area contributed by atoms with E-state index in [9.17, 15) is 0 Å². The molecule has 3 aliphatic rings. The third-order valence-electron chi connectivity index (χ3n) is 4.83. The minimum Gasteiger partial charge on any atom is -0.278 e. The molecule has 2 N–H and O–H groups in total. The van der Waals surface area contributed by atoms with Crippen LogP contribution in [-0.2, 0) is 12.8 Å². The maximum atomic E-state index is 4.36. The summed E-state index contributed by atoms with van der Waals surface area (Å²) in [6.07, 6.45) is 3.91. The zero-order valence-corrected chi connectivity index (χ0v) is 13.0. The first-order valence-corrected chi connectivity index (χ1v) is 8.38. The minimum absolute atomic E-state index is 0.196. The largest absolute Gasteiger partial charge is 0.278 e. The Hall–Kier alpha value is -1.44. The van der Waals surface area contributed by atoms with Gasteiger partial charge in [0, 0.05) is 10.4 Å². The Morgan fingerprint density at radius 2 is 2.24 bits per heavy atom. The Balaban J connectivity index is 1.80. The molecule has 1 saturated heterocycles. The van der Waals surface area contributed by atoms with Crippen LogP contribution in [0.4, 0.5) is 5.95 Å². The van der Waals surface area contributed by atoms with Crippen LogP contribution in [-0.4, -0.2) is 21.4 Å². The van der Waals surface area contributed by atoms with Crippen molar-refractivity contribution in [2.24, 2.45) is 5.92 Å². The third kappa shape index (κ3) is 1.48. The number of hydrazine groups is 1. The molecule has 2 aromatic rings. The highest BCUT2D eigenvalue weighted by molar-refractivity contribution is 7.15. The summed E-state index contributed by atoms with van der Waals surface area (Å²) in [4.78, 5) is 1.56. The number of aryl methyl sites for hydroxylation is 2. The predicted molar refractivity (Wildman–Crippen MR) is 81.5 cm³/mol. The van der Waals surface area contributed by atoms with Gasteiger partial charge in [-0.1, -0.05) is 6.92 Å². The van der Waals surface area contributed by atoms with Crippen molar-refractivity contribution in [2.45, 2.75) is 39.3 Å². The second kappa shape index (κ2) is 4.06. The van der Waals surface area contributed by atoms with Gasteiger partial charge in [0.1, 0.15) is 17.0 Å². The molecular formula is C14H18N6S. The summed E-state index contributed by atoms with van der Waals surface area (Å²) in [6, 6.07) is 0. The van der Waals surface area contributed by atoms with Gasteiger partial charge in [0.25, 0.3) is 0 Å². The molecule has 0 spiro atoms. The summed E-state index contributed by atoms with van der Waals surface area (Å²) in [5.74, 6) is 2.65. The Bertz CT molecular complexity index is 732. The van der Waals surface area contributed by atoms with Crippen molar-refractivity contribution in [3.8, 4) is 5.00 Å². The van der Waals surface area contributed by atoms with Crippen LogP contribution in [0.25, 0.3) is 5.00 Å². The maximum absolute atomic E-state index is 4.36. The fourth-order valence-corrected chi connectivity index (χ4v) is 5.21. The molecule has 1 fully saturated rings. The molecule has 6 nitrogen and oxygen atoms in total. The molecule has 1 aliphatic carbocycles. The highest BCUT2D eigenvalue weighted by Crippen LogP contribution is 2.47. The van der Waals surface area contributed by atoms with Crippen LogP contribution >= 0.6 is 11.3 Å². The summed E-state index contributed by atoms with van der Waals surface area (Å²) in [7, 11) is 0. The summed E-state index contributed by atoms with van der Waals surface area (Å²) in [5.41, 5.74) is 6.39. The minimum atomic E-state index is 0.196. The Morgan fingerprint density at radius 3 is 3.14 bits per heavy atom. The van der Waals surface area contributed by atoms with Gasteiger partial charge in [-0.25, -0.2) is 5.43 Å². The maximum Gasteiger partial charge on any atom is 0.248 e. The lowest BCUT2D eigenvalue weighted by Gasteiger charge is -2.31. The molecule has 0 bridgehead atoms. The van der Waals surface area contributed by atoms with E-state index in [4.69, 9.17) is 0 Å². The van der Waals surface area contributed by atoms with Gasteiger partial charge in [0.05, 0.1) is 6.67 Å². The van der Waals surface area contributed by atoms with Crippen LogP contribution in [0.1, 0.15) is 41.3 Å². The molecule has 2 aromatic heterocycles. The SMILES string of the molecule is Cc1nnc2n1-c1sc3c(c1C1NCNN21)C[C@@H](C)CC3. The normalized spacial score (nSPS) is 26.3. The highest BCUT2D eigenvalue weighted by atomic mass is 32.1. The van der Waals surface area contributed by atoms with Gasteiger partial charge >= 0.3 is 0 Å². The summed E-state index contributed by atoms with van der Waals surface area (Å²) in [5, 5.41) is 15.7. The van der Waals surface area contributed by atoms with Crippen molar-refractivity contribution in [1.29, 1.82) is 0 Å². The smallest absolute Gasteiger partial charge is 0.248 e. The number of nitrogens with one attached hydrogen (secondary N) is 2. The Morgan fingerprint density at radius 1 is 1.33 bits per heavy atom. The molecule has 7 heteroatoms. The molecule has 4 heterocycles. The number of rotatable bonds is 0. The number of anilines is 1. The van der Waals surface area contributed by atoms with E-state index in [1.165, 1.54) is 29.8 Å². The second-order valence-electron chi connectivity index (χ2n) is 6.26. The molecule has 0 radical (unpaired) electrons. The third-order valence-corrected chi connectivity index (χ3v) is 6.12. The lowest BCUT2D eigenvalue weighted by Crippen LogP contribution is -2.39. The molecular weight excluding hydrogens is 284 g/mol. The lowest BCUT2D eigenvalue weighted by molar-refractivity contribution is 0.495. The van der Waals surface area contributed by atoms with Crippen molar-refractivity contribution in [3.63, 3.8) is 0 Å². The standard InChI is InChI=1S/C14H18N6S/c1-7-3-4-10-9(5-7)11-12-15-6-16-20(12)14-18-17-8(2)19(14)13(11)21-10/h7,12,15-16H,3-6H2,1-2H3/t7-,12?/m0/s1. The first-order valence-electron chi connectivity index (χ1n) is 7.57. The average molecular weight is 302 g/mol. The van der Waals surface area contributed by atoms with Crippen LogP contribution in [0.15, 0.2) is 0 Å². The number of thiophene rings is 1. The Kier molecular flexibility index (Phi) is 2.34. The van der Waals surface area contributed by atoms with Crippen LogP contribution in [0.2, 0.25) is 0 Å². The van der Waals surface area contributed by atoms with Crippen LogP contribution in [0.3, 0.4) is 0 Å². The predicted octanol–water partition coefficient (Wildman–Crippen LogP) is 1.65. The average Bonchev–Trinajstić information content (AvgIpc) is 3.13. The molecule has 0 amide bonds. The molecule has 0 aromatic carbocycles. The van der Waals surface area contributed by atoms with Gasteiger partial charge in [-0.15, -0.1) is 21.5 Å². The van der Waals surface area contributed by atoms with Gasteiger partial charge in [-0.3, -0.25) is 14.9 Å². The summed E-state index contributed by atoms with van der Waals surface area (Å²) >= 11 is 1.94. The highest BCUT2D eigenvalue weighted by Gasteiger charge is 2.41. The van der Waals surface area contributed by atoms with E-state index in [1.807, 2.05) is 18.3 Å². The van der Waals surface area contributed by atoms with Crippen molar-refractivity contribution >= 4 is 17.3 Å². The number of hydrogen-bond donors (Lipinski definition) is 2. The van der Waals surface area contributed by atoms with Crippen molar-refractivity contribution in [1.82, 2.24) is 25.5 Å². The van der Waals surface area contributed by atoms with E-state index in [2.05, 4.69) is 37.4 Å². The zero-order chi connectivity index (χ0) is 14.1. The van der Waals surface area contributed by atoms with Crippen molar-refractivity contribution in [2.75, 3.05) is 11.7 Å². The fraction of sp³-hybridized carbons (Fsp3) is 0.571. The van der Waals surface area contributed by atoms with Crippen LogP contribution in [0, 0.1) is 12.8 Å². The number of aromatic nitrogens is 3. The van der Waals surface area contributed by atoms with Crippen LogP contribution in [0.5, 0.6) is 0 Å². The molecule has 110 valence electrons. The van der Waals surface area contributed by atoms with E-state index >= 15 is 0 Å². The van der Waals surface area contributed by atoms with Crippen molar-refractivity contribution < 1.29 is 0 Å². The number of hydrogen-bond acceptors (Lipinski definition) is 6. The van der Waals surface area contributed by atoms with E-state index in [0.717, 1.165) is 24.4 Å². The molecule has 2 aliphatic heterocycles. The molecule has 5 rings (SSSR count). The first kappa shape index (κ1) is 12.1. The molecule has 21 heavy (non-hydrogen) atoms. The fourth-order valence-electron chi connectivity index (χ4n) is 3.79. The van der Waals surface area contributed by atoms with Crippen molar-refractivity contribution in [3.05, 3.63) is 21.8 Å². The zero-order valence-electron chi connectivity index (χ0n) is 12.2. The number of nitrogens with zero attached hydrogens (tertiary/aromatic N) is 4. The first-order chi connectivity index (χ1) is 10.2. The van der Waals surface area contributed by atoms with E-state index in [1.54, 1.807) is 10.4 Å². The van der Waals surface area contributed by atoms with Gasteiger partial charge in [-0.05, 0) is 37.7 Å². The van der Waals surface area contributed by atoms with E-state index in [0.29, 0.717) is 0 Å². The quantitative estimate of drug-likeness (QED) is 0.775. The Labute approximate surface area is 127 Å². The van der Waals surface area contributed by atoms with E-state index < -0.39 is 0 Å². The lowest BCUT2D eigenvalue weighted by atomic mass is 9.87. The van der Waals surface area contributed by atoms with E-state index in [-0.39, 0.29) is 6.17 Å². The van der Waals surface area contributed by atoms with Crippen LogP contribution < -0.4 is 15.8 Å². The molecule has 2 atom stereocenters. The topological polar surface area (TPSA) is 58.0 Å². The monoisotopic (exact) mass is 302 g/mol. The molecule has 1 unspecified atom stereocenters. The van der Waals surface area contributed by atoms with Gasteiger partial charge < -0.3 is 0 Å². The molecule has 0 saturated carbocycles. The number of fused-ring (bicyclic) bond motifs is 8.